The Morgan fingerprint density at radius 1 is 1.44 bits per heavy atom. The molecule has 0 radical (unpaired) electrons. The highest BCUT2D eigenvalue weighted by atomic mass is 19.4. The first-order chi connectivity index (χ1) is 7.52. The Hall–Kier alpha value is -1.08. The SMILES string of the molecule is NCC(N1CCn2ccnc2C1)C(F)(F)F. The van der Waals surface area contributed by atoms with Gasteiger partial charge in [0.25, 0.3) is 0 Å². The summed E-state index contributed by atoms with van der Waals surface area (Å²) in [6, 6.07) is -1.57. The molecule has 1 aliphatic heterocycles. The minimum Gasteiger partial charge on any atom is -0.333 e. The van der Waals surface area contributed by atoms with Gasteiger partial charge in [-0.25, -0.2) is 4.98 Å². The molecule has 1 unspecified atom stereocenters. The van der Waals surface area contributed by atoms with Crippen LogP contribution in [-0.4, -0.2) is 39.8 Å². The van der Waals surface area contributed by atoms with Crippen molar-refractivity contribution in [2.24, 2.45) is 5.73 Å². The number of imidazole rings is 1. The molecule has 0 amide bonds. The fourth-order valence-electron chi connectivity index (χ4n) is 1.95. The third-order valence-corrected chi connectivity index (χ3v) is 2.82. The predicted octanol–water partition coefficient (Wildman–Crippen LogP) is 0.588. The lowest BCUT2D eigenvalue weighted by Crippen LogP contribution is -2.52. The van der Waals surface area contributed by atoms with Crippen molar-refractivity contribution in [3.8, 4) is 0 Å². The second-order valence-corrected chi connectivity index (χ2v) is 3.80. The van der Waals surface area contributed by atoms with Crippen molar-refractivity contribution in [3.05, 3.63) is 18.2 Å². The number of aromatic nitrogens is 2. The normalized spacial score (nSPS) is 19.5. The third-order valence-electron chi connectivity index (χ3n) is 2.82. The van der Waals surface area contributed by atoms with E-state index in [9.17, 15) is 13.2 Å². The quantitative estimate of drug-likeness (QED) is 0.814. The highest BCUT2D eigenvalue weighted by Gasteiger charge is 2.43. The van der Waals surface area contributed by atoms with E-state index in [2.05, 4.69) is 4.98 Å². The lowest BCUT2D eigenvalue weighted by molar-refractivity contribution is -0.184. The van der Waals surface area contributed by atoms with Crippen LogP contribution in [0.4, 0.5) is 13.2 Å². The van der Waals surface area contributed by atoms with Crippen molar-refractivity contribution in [1.82, 2.24) is 14.5 Å². The van der Waals surface area contributed by atoms with Crippen LogP contribution in [-0.2, 0) is 13.1 Å². The second kappa shape index (κ2) is 4.06. The molecule has 1 aromatic heterocycles. The summed E-state index contributed by atoms with van der Waals surface area (Å²) < 4.78 is 39.8. The summed E-state index contributed by atoms with van der Waals surface area (Å²) in [6.45, 7) is 0.672. The fourth-order valence-corrected chi connectivity index (χ4v) is 1.95. The van der Waals surface area contributed by atoms with Crippen molar-refractivity contribution in [3.63, 3.8) is 0 Å². The average molecular weight is 234 g/mol. The van der Waals surface area contributed by atoms with E-state index in [4.69, 9.17) is 5.73 Å². The number of nitrogens with zero attached hydrogens (tertiary/aromatic N) is 3. The molecule has 2 rings (SSSR count). The van der Waals surface area contributed by atoms with E-state index in [1.54, 1.807) is 12.4 Å². The third kappa shape index (κ3) is 2.05. The van der Waals surface area contributed by atoms with Crippen LogP contribution in [0.25, 0.3) is 0 Å². The van der Waals surface area contributed by atoms with Gasteiger partial charge in [0, 0.05) is 32.0 Å². The van der Waals surface area contributed by atoms with Crippen molar-refractivity contribution < 1.29 is 13.2 Å². The number of fused-ring (bicyclic) bond motifs is 1. The molecule has 0 bridgehead atoms. The zero-order valence-electron chi connectivity index (χ0n) is 8.61. The van der Waals surface area contributed by atoms with E-state index in [0.717, 1.165) is 0 Å². The Kier molecular flexibility index (Phi) is 2.90. The number of alkyl halides is 3. The average Bonchev–Trinajstić information content (AvgIpc) is 2.63. The van der Waals surface area contributed by atoms with Gasteiger partial charge in [-0.3, -0.25) is 4.90 Å². The maximum Gasteiger partial charge on any atom is 0.405 e. The van der Waals surface area contributed by atoms with Gasteiger partial charge >= 0.3 is 6.18 Å². The Labute approximate surface area is 90.9 Å². The number of hydrogen-bond donors (Lipinski definition) is 1. The molecule has 2 N–H and O–H groups in total. The van der Waals surface area contributed by atoms with E-state index in [-0.39, 0.29) is 6.54 Å². The first-order valence-electron chi connectivity index (χ1n) is 5.03. The summed E-state index contributed by atoms with van der Waals surface area (Å²) in [5.74, 6) is 0.661. The molecule has 0 aliphatic carbocycles. The van der Waals surface area contributed by atoms with Gasteiger partial charge in [-0.1, -0.05) is 0 Å². The minimum absolute atomic E-state index is 0.203. The number of nitrogens with two attached hydrogens (primary N) is 1. The van der Waals surface area contributed by atoms with Crippen LogP contribution in [0.1, 0.15) is 5.82 Å². The Morgan fingerprint density at radius 2 is 2.19 bits per heavy atom. The molecule has 0 aromatic carbocycles. The fraction of sp³-hybridized carbons (Fsp3) is 0.667. The van der Waals surface area contributed by atoms with Crippen LogP contribution >= 0.6 is 0 Å². The van der Waals surface area contributed by atoms with Gasteiger partial charge in [0.1, 0.15) is 11.9 Å². The molecule has 16 heavy (non-hydrogen) atoms. The number of hydrogen-bond acceptors (Lipinski definition) is 3. The summed E-state index contributed by atoms with van der Waals surface area (Å²) in [7, 11) is 0. The topological polar surface area (TPSA) is 47.1 Å². The first-order valence-corrected chi connectivity index (χ1v) is 5.03. The maximum absolute atomic E-state index is 12.7. The van der Waals surface area contributed by atoms with Gasteiger partial charge in [0.05, 0.1) is 6.54 Å². The van der Waals surface area contributed by atoms with Gasteiger partial charge in [-0.15, -0.1) is 0 Å². The minimum atomic E-state index is -4.27. The zero-order chi connectivity index (χ0) is 11.8. The predicted molar refractivity (Wildman–Crippen MR) is 51.5 cm³/mol. The standard InChI is InChI=1S/C9H13F3N4/c10-9(11,12)7(5-13)16-4-3-15-2-1-14-8(15)6-16/h1-2,7H,3-6,13H2. The highest BCUT2D eigenvalue weighted by molar-refractivity contribution is 4.97. The maximum atomic E-state index is 12.7. The lowest BCUT2D eigenvalue weighted by Gasteiger charge is -2.34. The summed E-state index contributed by atoms with van der Waals surface area (Å²) >= 11 is 0. The van der Waals surface area contributed by atoms with Crippen LogP contribution in [0.3, 0.4) is 0 Å². The van der Waals surface area contributed by atoms with Gasteiger partial charge in [0.2, 0.25) is 0 Å². The van der Waals surface area contributed by atoms with Crippen LogP contribution in [0.2, 0.25) is 0 Å². The van der Waals surface area contributed by atoms with E-state index in [1.807, 2.05) is 4.57 Å². The monoisotopic (exact) mass is 234 g/mol. The van der Waals surface area contributed by atoms with E-state index < -0.39 is 18.8 Å². The summed E-state index contributed by atoms with van der Waals surface area (Å²) in [4.78, 5) is 5.35. The van der Waals surface area contributed by atoms with Crippen LogP contribution in [0, 0.1) is 0 Å². The largest absolute Gasteiger partial charge is 0.405 e. The zero-order valence-corrected chi connectivity index (χ0v) is 8.61. The molecular weight excluding hydrogens is 221 g/mol. The van der Waals surface area contributed by atoms with Crippen molar-refractivity contribution in [1.29, 1.82) is 0 Å². The van der Waals surface area contributed by atoms with E-state index in [1.165, 1.54) is 4.90 Å². The van der Waals surface area contributed by atoms with Crippen LogP contribution in [0.5, 0.6) is 0 Å². The van der Waals surface area contributed by atoms with Gasteiger partial charge < -0.3 is 10.3 Å². The Bertz CT molecular complexity index is 360. The molecule has 7 heteroatoms. The van der Waals surface area contributed by atoms with Crippen molar-refractivity contribution in [2.75, 3.05) is 13.1 Å². The Morgan fingerprint density at radius 3 is 2.81 bits per heavy atom. The Balaban J connectivity index is 2.13. The molecule has 1 aromatic rings. The molecule has 0 spiro atoms. The second-order valence-electron chi connectivity index (χ2n) is 3.80. The smallest absolute Gasteiger partial charge is 0.333 e. The molecular formula is C9H13F3N4. The molecule has 0 saturated heterocycles. The molecule has 2 heterocycles. The lowest BCUT2D eigenvalue weighted by atomic mass is 10.2. The summed E-state index contributed by atoms with van der Waals surface area (Å²) in [5.41, 5.74) is 5.20. The van der Waals surface area contributed by atoms with E-state index >= 15 is 0 Å². The summed E-state index contributed by atoms with van der Waals surface area (Å²) in [6.07, 6.45) is -0.898. The summed E-state index contributed by atoms with van der Waals surface area (Å²) in [5, 5.41) is 0. The van der Waals surface area contributed by atoms with Crippen molar-refractivity contribution >= 4 is 0 Å². The number of halogens is 3. The molecule has 4 nitrogen and oxygen atoms in total. The van der Waals surface area contributed by atoms with Crippen LogP contribution < -0.4 is 5.73 Å². The van der Waals surface area contributed by atoms with Gasteiger partial charge in [0.15, 0.2) is 0 Å². The molecule has 90 valence electrons. The number of rotatable bonds is 2. The molecule has 1 atom stereocenters. The van der Waals surface area contributed by atoms with Gasteiger partial charge in [-0.05, 0) is 0 Å². The molecule has 1 aliphatic rings. The molecule has 0 saturated carbocycles. The first kappa shape index (κ1) is 11.4. The van der Waals surface area contributed by atoms with Crippen molar-refractivity contribution in [2.45, 2.75) is 25.3 Å². The van der Waals surface area contributed by atoms with Crippen LogP contribution in [0.15, 0.2) is 12.4 Å². The molecule has 0 fully saturated rings. The highest BCUT2D eigenvalue weighted by Crippen LogP contribution is 2.26. The van der Waals surface area contributed by atoms with E-state index in [0.29, 0.717) is 18.9 Å². The van der Waals surface area contributed by atoms with Gasteiger partial charge in [-0.2, -0.15) is 13.2 Å².